The van der Waals surface area contributed by atoms with Crippen LogP contribution in [0.15, 0.2) is 119 Å². The zero-order valence-corrected chi connectivity index (χ0v) is 22.2. The number of para-hydroxylation sites is 1. The van der Waals surface area contributed by atoms with Gasteiger partial charge in [0.2, 0.25) is 5.78 Å². The topological polar surface area (TPSA) is 102 Å². The van der Waals surface area contributed by atoms with E-state index in [1.165, 1.54) is 12.0 Å². The van der Waals surface area contributed by atoms with Gasteiger partial charge in [0.25, 0.3) is 5.91 Å². The number of nitrogens with zero attached hydrogens (tertiary/aromatic N) is 2. The Morgan fingerprint density at radius 2 is 1.73 bits per heavy atom. The third-order valence-corrected chi connectivity index (χ3v) is 7.01. The SMILES string of the molecule is COc1cc(C2C(C(=O)c3cc4ccccc4o3)=C(O)C(=O)N2Cc2cccnc2)ccc1OCc1ccccc1. The highest BCUT2D eigenvalue weighted by Gasteiger charge is 2.44. The summed E-state index contributed by atoms with van der Waals surface area (Å²) in [7, 11) is 1.52. The van der Waals surface area contributed by atoms with Gasteiger partial charge in [0.1, 0.15) is 12.2 Å². The number of benzene rings is 3. The molecule has 204 valence electrons. The Balaban J connectivity index is 1.39. The molecule has 3 aromatic carbocycles. The molecule has 1 aliphatic heterocycles. The summed E-state index contributed by atoms with van der Waals surface area (Å²) in [5, 5.41) is 11.8. The summed E-state index contributed by atoms with van der Waals surface area (Å²) < 4.78 is 17.5. The maximum Gasteiger partial charge on any atom is 0.290 e. The molecule has 2 aromatic heterocycles. The van der Waals surface area contributed by atoms with E-state index < -0.39 is 23.5 Å². The van der Waals surface area contributed by atoms with Gasteiger partial charge in [-0.3, -0.25) is 14.6 Å². The zero-order chi connectivity index (χ0) is 28.3. The Bertz CT molecular complexity index is 1730. The van der Waals surface area contributed by atoms with Crippen LogP contribution in [0, 0.1) is 0 Å². The average Bonchev–Trinajstić information content (AvgIpc) is 3.56. The van der Waals surface area contributed by atoms with E-state index in [1.54, 1.807) is 48.8 Å². The maximum atomic E-state index is 13.9. The largest absolute Gasteiger partial charge is 0.503 e. The molecular weight excluding hydrogens is 520 g/mol. The van der Waals surface area contributed by atoms with Crippen LogP contribution in [0.4, 0.5) is 0 Å². The van der Waals surface area contributed by atoms with Crippen LogP contribution in [0.5, 0.6) is 11.5 Å². The van der Waals surface area contributed by atoms with Crippen LogP contribution in [0.1, 0.15) is 33.3 Å². The molecule has 8 heteroatoms. The van der Waals surface area contributed by atoms with Crippen LogP contribution in [-0.4, -0.2) is 33.8 Å². The first kappa shape index (κ1) is 25.9. The molecule has 1 atom stereocenters. The monoisotopic (exact) mass is 546 g/mol. The minimum absolute atomic E-state index is 0.0311. The number of carbonyl (C=O) groups excluding carboxylic acids is 2. The first-order valence-corrected chi connectivity index (χ1v) is 13.0. The van der Waals surface area contributed by atoms with E-state index in [0.29, 0.717) is 29.3 Å². The normalized spacial score (nSPS) is 15.0. The average molecular weight is 547 g/mol. The molecule has 0 saturated carbocycles. The predicted molar refractivity (Wildman–Crippen MR) is 151 cm³/mol. The van der Waals surface area contributed by atoms with Crippen molar-refractivity contribution in [1.29, 1.82) is 0 Å². The van der Waals surface area contributed by atoms with Gasteiger partial charge in [0.05, 0.1) is 18.7 Å². The van der Waals surface area contributed by atoms with Crippen molar-refractivity contribution >= 4 is 22.7 Å². The van der Waals surface area contributed by atoms with Crippen molar-refractivity contribution in [2.24, 2.45) is 0 Å². The van der Waals surface area contributed by atoms with E-state index in [-0.39, 0.29) is 17.9 Å². The Hall–Kier alpha value is -5.37. The maximum absolute atomic E-state index is 13.9. The number of aliphatic hydroxyl groups excluding tert-OH is 1. The fourth-order valence-electron chi connectivity index (χ4n) is 5.02. The summed E-state index contributed by atoms with van der Waals surface area (Å²) in [5.41, 5.74) is 2.76. The third-order valence-electron chi connectivity index (χ3n) is 7.01. The van der Waals surface area contributed by atoms with Crippen LogP contribution in [0.2, 0.25) is 0 Å². The molecule has 3 heterocycles. The molecule has 1 unspecified atom stereocenters. The molecular formula is C33H26N2O6. The van der Waals surface area contributed by atoms with Crippen molar-refractivity contribution < 1.29 is 28.6 Å². The second kappa shape index (κ2) is 11.0. The van der Waals surface area contributed by atoms with E-state index in [0.717, 1.165) is 16.5 Å². The van der Waals surface area contributed by atoms with Gasteiger partial charge in [-0.2, -0.15) is 0 Å². The number of Topliss-reactive ketones (excluding diaryl/α,β-unsaturated/α-hetero) is 1. The number of carbonyl (C=O) groups is 2. The highest BCUT2D eigenvalue weighted by atomic mass is 16.5. The fraction of sp³-hybridized carbons (Fsp3) is 0.121. The van der Waals surface area contributed by atoms with Crippen molar-refractivity contribution in [3.63, 3.8) is 0 Å². The predicted octanol–water partition coefficient (Wildman–Crippen LogP) is 6.19. The Labute approximate surface area is 236 Å². The fourth-order valence-corrected chi connectivity index (χ4v) is 5.02. The van der Waals surface area contributed by atoms with Gasteiger partial charge in [0.15, 0.2) is 23.0 Å². The second-order valence-electron chi connectivity index (χ2n) is 9.62. The highest BCUT2D eigenvalue weighted by Crippen LogP contribution is 2.43. The van der Waals surface area contributed by atoms with E-state index in [4.69, 9.17) is 13.9 Å². The van der Waals surface area contributed by atoms with Gasteiger partial charge in [-0.15, -0.1) is 0 Å². The molecule has 5 aromatic rings. The number of ether oxygens (including phenoxy) is 2. The zero-order valence-electron chi connectivity index (χ0n) is 22.2. The second-order valence-corrected chi connectivity index (χ2v) is 9.62. The molecule has 1 N–H and O–H groups in total. The van der Waals surface area contributed by atoms with E-state index in [2.05, 4.69) is 4.98 Å². The number of furan rings is 1. The van der Waals surface area contributed by atoms with Gasteiger partial charge in [-0.1, -0.05) is 60.7 Å². The van der Waals surface area contributed by atoms with Gasteiger partial charge >= 0.3 is 0 Å². The summed E-state index contributed by atoms with van der Waals surface area (Å²) in [6, 6.07) is 26.5. The quantitative estimate of drug-likeness (QED) is 0.220. The lowest BCUT2D eigenvalue weighted by atomic mass is 9.94. The van der Waals surface area contributed by atoms with Crippen LogP contribution in [-0.2, 0) is 17.9 Å². The van der Waals surface area contributed by atoms with Gasteiger partial charge in [-0.05, 0) is 47.0 Å². The lowest BCUT2D eigenvalue weighted by Gasteiger charge is -2.27. The third kappa shape index (κ3) is 5.03. The van der Waals surface area contributed by atoms with Crippen molar-refractivity contribution in [2.45, 2.75) is 19.2 Å². The summed E-state index contributed by atoms with van der Waals surface area (Å²) in [5.74, 6) is -0.900. The molecule has 0 aliphatic carbocycles. The van der Waals surface area contributed by atoms with Crippen LogP contribution in [0.25, 0.3) is 11.0 Å². The first-order chi connectivity index (χ1) is 20.0. The van der Waals surface area contributed by atoms with Crippen molar-refractivity contribution in [2.75, 3.05) is 7.11 Å². The number of ketones is 1. The van der Waals surface area contributed by atoms with Crippen molar-refractivity contribution in [3.05, 3.63) is 137 Å². The van der Waals surface area contributed by atoms with Gasteiger partial charge in [0, 0.05) is 24.3 Å². The lowest BCUT2D eigenvalue weighted by molar-refractivity contribution is -0.130. The lowest BCUT2D eigenvalue weighted by Crippen LogP contribution is -2.30. The molecule has 41 heavy (non-hydrogen) atoms. The Morgan fingerprint density at radius 1 is 0.951 bits per heavy atom. The summed E-state index contributed by atoms with van der Waals surface area (Å²) in [6.07, 6.45) is 3.28. The number of hydrogen-bond acceptors (Lipinski definition) is 7. The molecule has 0 spiro atoms. The van der Waals surface area contributed by atoms with Crippen LogP contribution < -0.4 is 9.47 Å². The number of aromatic nitrogens is 1. The molecule has 1 aliphatic rings. The number of hydrogen-bond donors (Lipinski definition) is 1. The molecule has 0 radical (unpaired) electrons. The van der Waals surface area contributed by atoms with E-state index in [9.17, 15) is 14.7 Å². The summed E-state index contributed by atoms with van der Waals surface area (Å²) in [6.45, 7) is 0.453. The number of rotatable bonds is 9. The minimum atomic E-state index is -0.916. The number of fused-ring (bicyclic) bond motifs is 1. The summed E-state index contributed by atoms with van der Waals surface area (Å²) >= 11 is 0. The highest BCUT2D eigenvalue weighted by molar-refractivity contribution is 6.16. The number of methoxy groups -OCH3 is 1. The van der Waals surface area contributed by atoms with Crippen LogP contribution in [0.3, 0.4) is 0 Å². The number of aliphatic hydroxyl groups is 1. The molecule has 6 rings (SSSR count). The van der Waals surface area contributed by atoms with E-state index >= 15 is 0 Å². The molecule has 0 fully saturated rings. The molecule has 0 saturated heterocycles. The number of amides is 1. The Morgan fingerprint density at radius 3 is 2.49 bits per heavy atom. The van der Waals surface area contributed by atoms with Crippen LogP contribution >= 0.6 is 0 Å². The standard InChI is InChI=1S/C33H26N2O6/c1-39-27-17-24(13-14-26(27)40-20-21-8-3-2-4-9-21)30-29(31(36)28-16-23-11-5-6-12-25(23)41-28)32(37)33(38)35(30)19-22-10-7-15-34-18-22/h2-18,30,37H,19-20H2,1H3. The van der Waals surface area contributed by atoms with Crippen molar-refractivity contribution in [1.82, 2.24) is 9.88 Å². The Kier molecular flexibility index (Phi) is 6.95. The molecule has 0 bridgehead atoms. The summed E-state index contributed by atoms with van der Waals surface area (Å²) in [4.78, 5) is 32.9. The molecule has 8 nitrogen and oxygen atoms in total. The van der Waals surface area contributed by atoms with Crippen molar-refractivity contribution in [3.8, 4) is 11.5 Å². The van der Waals surface area contributed by atoms with Gasteiger partial charge < -0.3 is 23.9 Å². The number of pyridine rings is 1. The minimum Gasteiger partial charge on any atom is -0.503 e. The molecule has 1 amide bonds. The smallest absolute Gasteiger partial charge is 0.290 e. The van der Waals surface area contributed by atoms with Gasteiger partial charge in [-0.25, -0.2) is 0 Å². The first-order valence-electron chi connectivity index (χ1n) is 13.0. The van der Waals surface area contributed by atoms with E-state index in [1.807, 2.05) is 54.6 Å².